The van der Waals surface area contributed by atoms with Crippen LogP contribution in [0.1, 0.15) is 25.0 Å². The third-order valence-corrected chi connectivity index (χ3v) is 4.98. The van der Waals surface area contributed by atoms with Gasteiger partial charge in [0.05, 0.1) is 0 Å². The molecule has 25 heavy (non-hydrogen) atoms. The lowest BCUT2D eigenvalue weighted by Crippen LogP contribution is -2.25. The fourth-order valence-electron chi connectivity index (χ4n) is 2.56. The molecule has 2 aromatic rings. The second-order valence-electron chi connectivity index (χ2n) is 5.96. The highest BCUT2D eigenvalue weighted by molar-refractivity contribution is 9.10. The van der Waals surface area contributed by atoms with E-state index in [4.69, 9.17) is 16.3 Å². The van der Waals surface area contributed by atoms with Crippen LogP contribution in [-0.2, 0) is 5.41 Å². The Morgan fingerprint density at radius 2 is 1.76 bits per heavy atom. The van der Waals surface area contributed by atoms with E-state index < -0.39 is 18.2 Å². The minimum atomic E-state index is -4.37. The minimum absolute atomic E-state index is 0.158. The summed E-state index contributed by atoms with van der Waals surface area (Å²) in [4.78, 5) is 0. The van der Waals surface area contributed by atoms with Crippen molar-refractivity contribution in [3.63, 3.8) is 0 Å². The quantitative estimate of drug-likeness (QED) is 0.465. The molecule has 0 bridgehead atoms. The lowest BCUT2D eigenvalue weighted by atomic mass is 9.71. The Morgan fingerprint density at radius 1 is 1.16 bits per heavy atom. The fourth-order valence-corrected chi connectivity index (χ4v) is 3.23. The highest BCUT2D eigenvalue weighted by atomic mass is 79.9. The first-order chi connectivity index (χ1) is 11.5. The summed E-state index contributed by atoms with van der Waals surface area (Å²) < 4.78 is 42.4. The first-order valence-corrected chi connectivity index (χ1v) is 8.63. The van der Waals surface area contributed by atoms with Crippen molar-refractivity contribution in [2.75, 3.05) is 6.61 Å². The summed E-state index contributed by atoms with van der Waals surface area (Å²) in [6.07, 6.45) is -4.37. The zero-order chi connectivity index (χ0) is 18.8. The molecule has 0 amide bonds. The molecule has 0 aliphatic heterocycles. The van der Waals surface area contributed by atoms with Crippen molar-refractivity contribution in [1.29, 1.82) is 0 Å². The Hall–Kier alpha value is -1.46. The average molecular weight is 434 g/mol. The second kappa shape index (κ2) is 7.42. The van der Waals surface area contributed by atoms with Crippen molar-refractivity contribution in [2.45, 2.75) is 25.4 Å². The Morgan fingerprint density at radius 3 is 2.28 bits per heavy atom. The molecule has 0 saturated heterocycles. The van der Waals surface area contributed by atoms with E-state index >= 15 is 0 Å². The Bertz CT molecular complexity index is 771. The lowest BCUT2D eigenvalue weighted by molar-refractivity contribution is -0.153. The molecule has 0 spiro atoms. The van der Waals surface area contributed by atoms with Gasteiger partial charge in [0, 0.05) is 14.9 Å². The minimum Gasteiger partial charge on any atom is -0.484 e. The van der Waals surface area contributed by atoms with Gasteiger partial charge in [-0.3, -0.25) is 0 Å². The van der Waals surface area contributed by atoms with Crippen molar-refractivity contribution in [1.82, 2.24) is 0 Å². The summed E-state index contributed by atoms with van der Waals surface area (Å²) in [6, 6.07) is 12.1. The Kier molecular flexibility index (Phi) is 5.89. The third kappa shape index (κ3) is 4.59. The van der Waals surface area contributed by atoms with Crippen LogP contribution >= 0.6 is 27.5 Å². The summed E-state index contributed by atoms with van der Waals surface area (Å²) in [7, 11) is 0. The van der Waals surface area contributed by atoms with Crippen LogP contribution in [0, 0.1) is 0 Å². The molecule has 6 heteroatoms. The molecule has 0 saturated carbocycles. The highest BCUT2D eigenvalue weighted by Crippen LogP contribution is 2.42. The fraction of sp³-hybridized carbons (Fsp3) is 0.263. The predicted octanol–water partition coefficient (Wildman–Crippen LogP) is 6.93. The molecule has 0 fully saturated rings. The largest absolute Gasteiger partial charge is 0.484 e. The molecule has 0 radical (unpaired) electrons. The monoisotopic (exact) mass is 432 g/mol. The van der Waals surface area contributed by atoms with E-state index in [-0.39, 0.29) is 5.75 Å². The molecular formula is C19H17BrClF3O. The normalized spacial score (nSPS) is 14.0. The van der Waals surface area contributed by atoms with E-state index in [1.807, 2.05) is 26.0 Å². The summed E-state index contributed by atoms with van der Waals surface area (Å²) in [6.45, 7) is 6.64. The van der Waals surface area contributed by atoms with E-state index in [9.17, 15) is 13.2 Å². The first kappa shape index (κ1) is 19.9. The van der Waals surface area contributed by atoms with Gasteiger partial charge in [-0.15, -0.1) is 0 Å². The van der Waals surface area contributed by atoms with Crippen LogP contribution in [0.2, 0.25) is 5.02 Å². The van der Waals surface area contributed by atoms with Crippen molar-refractivity contribution >= 4 is 27.5 Å². The van der Waals surface area contributed by atoms with Crippen LogP contribution in [0.5, 0.6) is 5.75 Å². The molecule has 0 heterocycles. The van der Waals surface area contributed by atoms with E-state index in [0.29, 0.717) is 5.02 Å². The van der Waals surface area contributed by atoms with Gasteiger partial charge in [0.2, 0.25) is 0 Å². The van der Waals surface area contributed by atoms with Gasteiger partial charge in [-0.2, -0.15) is 13.2 Å². The van der Waals surface area contributed by atoms with Crippen LogP contribution in [0.3, 0.4) is 0 Å². The standard InChI is InChI=1S/C19H17BrClF3O/c1-12(2)18(3,16-10-14(20)6-9-17(16)21)13-4-7-15(8-5-13)25-11-19(22,23)24/h4-10H,1,11H2,2-3H3. The molecular weight excluding hydrogens is 417 g/mol. The molecule has 0 aliphatic carbocycles. The molecule has 0 N–H and O–H groups in total. The zero-order valence-electron chi connectivity index (χ0n) is 13.8. The summed E-state index contributed by atoms with van der Waals surface area (Å²) >= 11 is 9.84. The van der Waals surface area contributed by atoms with Crippen molar-refractivity contribution < 1.29 is 17.9 Å². The number of allylic oxidation sites excluding steroid dienone is 1. The van der Waals surface area contributed by atoms with Crippen LogP contribution < -0.4 is 4.74 Å². The van der Waals surface area contributed by atoms with Crippen LogP contribution in [-0.4, -0.2) is 12.8 Å². The number of halogens is 5. The van der Waals surface area contributed by atoms with Gasteiger partial charge in [0.25, 0.3) is 0 Å². The van der Waals surface area contributed by atoms with Gasteiger partial charge in [-0.05, 0) is 55.3 Å². The molecule has 1 unspecified atom stereocenters. The van der Waals surface area contributed by atoms with Gasteiger partial charge in [-0.1, -0.05) is 51.8 Å². The SMILES string of the molecule is C=C(C)C(C)(c1ccc(OCC(F)(F)F)cc1)c1cc(Br)ccc1Cl. The number of benzene rings is 2. The van der Waals surface area contributed by atoms with E-state index in [0.717, 1.165) is 21.2 Å². The van der Waals surface area contributed by atoms with Gasteiger partial charge in [-0.25, -0.2) is 0 Å². The number of rotatable bonds is 5. The topological polar surface area (TPSA) is 9.23 Å². The van der Waals surface area contributed by atoms with Crippen molar-refractivity contribution in [3.05, 3.63) is 75.2 Å². The smallest absolute Gasteiger partial charge is 0.422 e. The zero-order valence-corrected chi connectivity index (χ0v) is 16.1. The maximum Gasteiger partial charge on any atom is 0.422 e. The summed E-state index contributed by atoms with van der Waals surface area (Å²) in [5, 5.41) is 0.589. The molecule has 1 atom stereocenters. The van der Waals surface area contributed by atoms with Gasteiger partial charge in [0.1, 0.15) is 5.75 Å². The van der Waals surface area contributed by atoms with Crippen molar-refractivity contribution in [2.24, 2.45) is 0 Å². The lowest BCUT2D eigenvalue weighted by Gasteiger charge is -2.33. The average Bonchev–Trinajstić information content (AvgIpc) is 2.54. The van der Waals surface area contributed by atoms with E-state index in [2.05, 4.69) is 22.5 Å². The number of hydrogen-bond acceptors (Lipinski definition) is 1. The van der Waals surface area contributed by atoms with Crippen LogP contribution in [0.15, 0.2) is 59.1 Å². The Labute approximate surface area is 158 Å². The number of ether oxygens (including phenoxy) is 1. The summed E-state index contributed by atoms with van der Waals surface area (Å²) in [5.74, 6) is 0.158. The highest BCUT2D eigenvalue weighted by Gasteiger charge is 2.32. The predicted molar refractivity (Wildman–Crippen MR) is 98.4 cm³/mol. The third-order valence-electron chi connectivity index (χ3n) is 4.15. The number of hydrogen-bond donors (Lipinski definition) is 0. The second-order valence-corrected chi connectivity index (χ2v) is 7.28. The van der Waals surface area contributed by atoms with Crippen LogP contribution in [0.4, 0.5) is 13.2 Å². The number of alkyl halides is 3. The molecule has 1 nitrogen and oxygen atoms in total. The molecule has 0 aliphatic rings. The Balaban J connectivity index is 2.41. The maximum absolute atomic E-state index is 12.3. The van der Waals surface area contributed by atoms with E-state index in [1.54, 1.807) is 18.2 Å². The van der Waals surface area contributed by atoms with Crippen LogP contribution in [0.25, 0.3) is 0 Å². The van der Waals surface area contributed by atoms with E-state index in [1.165, 1.54) is 12.1 Å². The molecule has 2 aromatic carbocycles. The molecule has 2 rings (SSSR count). The van der Waals surface area contributed by atoms with Gasteiger partial charge >= 0.3 is 6.18 Å². The molecule has 0 aromatic heterocycles. The maximum atomic E-state index is 12.3. The first-order valence-electron chi connectivity index (χ1n) is 7.45. The van der Waals surface area contributed by atoms with Gasteiger partial charge < -0.3 is 4.74 Å². The van der Waals surface area contributed by atoms with Gasteiger partial charge in [0.15, 0.2) is 6.61 Å². The van der Waals surface area contributed by atoms with Crippen molar-refractivity contribution in [3.8, 4) is 5.75 Å². The molecule has 134 valence electrons. The summed E-state index contributed by atoms with van der Waals surface area (Å²) in [5.41, 5.74) is 1.99.